The summed E-state index contributed by atoms with van der Waals surface area (Å²) < 4.78 is 54.2. The molecule has 1 amide bonds. The maximum atomic E-state index is 13.8. The number of nitrogens with zero attached hydrogens (tertiary/aromatic N) is 2. The fourth-order valence-corrected chi connectivity index (χ4v) is 3.24. The standard InChI is InChI=1S/C13H10F4N2OS/c1-18-12(20)8-2-5(4-19(8)13(18)21)9-10(16)6(14)3-7(15)11(9)17/h3,5,8H,2,4H2,1H3. The lowest BCUT2D eigenvalue weighted by molar-refractivity contribution is -0.126. The summed E-state index contributed by atoms with van der Waals surface area (Å²) in [5, 5.41) is 0.255. The first-order valence-electron chi connectivity index (χ1n) is 6.24. The SMILES string of the molecule is CN1C(=O)C2CC(c3c(F)c(F)cc(F)c3F)CN2C1=S. The van der Waals surface area contributed by atoms with Crippen LogP contribution in [0.2, 0.25) is 0 Å². The van der Waals surface area contributed by atoms with Crippen LogP contribution in [-0.4, -0.2) is 40.5 Å². The van der Waals surface area contributed by atoms with Crippen LogP contribution in [-0.2, 0) is 4.79 Å². The van der Waals surface area contributed by atoms with Gasteiger partial charge in [0.05, 0.1) is 0 Å². The third-order valence-corrected chi connectivity index (χ3v) is 4.51. The molecule has 8 heteroatoms. The Kier molecular flexibility index (Phi) is 3.16. The summed E-state index contributed by atoms with van der Waals surface area (Å²) in [4.78, 5) is 14.8. The Labute approximate surface area is 123 Å². The van der Waals surface area contributed by atoms with Crippen molar-refractivity contribution in [1.82, 2.24) is 9.80 Å². The van der Waals surface area contributed by atoms with Crippen LogP contribution in [0, 0.1) is 23.3 Å². The first kappa shape index (κ1) is 14.2. The zero-order chi connectivity index (χ0) is 15.5. The summed E-state index contributed by atoms with van der Waals surface area (Å²) in [6.07, 6.45) is 0.0695. The van der Waals surface area contributed by atoms with Gasteiger partial charge in [0.15, 0.2) is 28.4 Å². The van der Waals surface area contributed by atoms with Crippen molar-refractivity contribution in [2.45, 2.75) is 18.4 Å². The van der Waals surface area contributed by atoms with Gasteiger partial charge in [0.25, 0.3) is 5.91 Å². The number of halogens is 4. The molecule has 0 aromatic heterocycles. The molecule has 0 bridgehead atoms. The predicted octanol–water partition coefficient (Wildman–Crippen LogP) is 2.16. The summed E-state index contributed by atoms with van der Waals surface area (Å²) in [6, 6.07) is -0.453. The van der Waals surface area contributed by atoms with E-state index in [9.17, 15) is 22.4 Å². The van der Waals surface area contributed by atoms with Crippen LogP contribution < -0.4 is 0 Å². The van der Waals surface area contributed by atoms with E-state index in [-0.39, 0.29) is 30.1 Å². The second kappa shape index (κ2) is 4.66. The summed E-state index contributed by atoms with van der Waals surface area (Å²) in [6.45, 7) is 0.0519. The van der Waals surface area contributed by atoms with Gasteiger partial charge in [0.2, 0.25) is 0 Å². The average molecular weight is 318 g/mol. The van der Waals surface area contributed by atoms with Crippen molar-refractivity contribution >= 4 is 23.2 Å². The smallest absolute Gasteiger partial charge is 0.251 e. The molecule has 2 saturated heterocycles. The highest BCUT2D eigenvalue weighted by Crippen LogP contribution is 2.39. The lowest BCUT2D eigenvalue weighted by atomic mass is 9.94. The van der Waals surface area contributed by atoms with Crippen molar-refractivity contribution in [3.05, 3.63) is 34.9 Å². The molecule has 0 N–H and O–H groups in total. The minimum atomic E-state index is -1.44. The van der Waals surface area contributed by atoms with Crippen LogP contribution >= 0.6 is 12.2 Å². The Bertz CT molecular complexity index is 616. The zero-order valence-electron chi connectivity index (χ0n) is 10.9. The van der Waals surface area contributed by atoms with Crippen LogP contribution in [0.15, 0.2) is 6.07 Å². The van der Waals surface area contributed by atoms with Crippen molar-refractivity contribution in [3.8, 4) is 0 Å². The van der Waals surface area contributed by atoms with Crippen molar-refractivity contribution < 1.29 is 22.4 Å². The van der Waals surface area contributed by atoms with E-state index in [1.165, 1.54) is 16.8 Å². The van der Waals surface area contributed by atoms with E-state index in [1.54, 1.807) is 0 Å². The number of thiocarbonyl (C=S) groups is 1. The van der Waals surface area contributed by atoms with Gasteiger partial charge in [-0.1, -0.05) is 0 Å². The van der Waals surface area contributed by atoms with E-state index in [1.807, 2.05) is 0 Å². The molecule has 1 aromatic rings. The topological polar surface area (TPSA) is 23.6 Å². The van der Waals surface area contributed by atoms with Gasteiger partial charge >= 0.3 is 0 Å². The number of carbonyl (C=O) groups is 1. The monoisotopic (exact) mass is 318 g/mol. The molecule has 112 valence electrons. The highest BCUT2D eigenvalue weighted by Gasteiger charge is 2.48. The van der Waals surface area contributed by atoms with Gasteiger partial charge in [0.1, 0.15) is 6.04 Å². The number of likely N-dealkylation sites (N-methyl/N-ethyl adjacent to an activating group) is 1. The van der Waals surface area contributed by atoms with E-state index in [2.05, 4.69) is 0 Å². The molecule has 0 saturated carbocycles. The molecular formula is C13H10F4N2OS. The molecule has 2 aliphatic rings. The third-order valence-electron chi connectivity index (χ3n) is 4.00. The van der Waals surface area contributed by atoms with Gasteiger partial charge in [-0.05, 0) is 18.6 Å². The minimum absolute atomic E-state index is 0.0519. The zero-order valence-corrected chi connectivity index (χ0v) is 11.7. The van der Waals surface area contributed by atoms with E-state index < -0.39 is 40.8 Å². The number of hydrogen-bond donors (Lipinski definition) is 0. The van der Waals surface area contributed by atoms with E-state index in [0.717, 1.165) is 0 Å². The van der Waals surface area contributed by atoms with Crippen molar-refractivity contribution in [3.63, 3.8) is 0 Å². The maximum absolute atomic E-state index is 13.8. The van der Waals surface area contributed by atoms with Crippen LogP contribution in [0.1, 0.15) is 17.9 Å². The number of benzene rings is 1. The lowest BCUT2D eigenvalue weighted by Crippen LogP contribution is -2.30. The molecule has 2 atom stereocenters. The van der Waals surface area contributed by atoms with Gasteiger partial charge in [-0.2, -0.15) is 0 Å². The number of fused-ring (bicyclic) bond motifs is 1. The van der Waals surface area contributed by atoms with E-state index in [0.29, 0.717) is 0 Å². The second-order valence-electron chi connectivity index (χ2n) is 5.16. The van der Waals surface area contributed by atoms with E-state index >= 15 is 0 Å². The molecule has 0 radical (unpaired) electrons. The van der Waals surface area contributed by atoms with E-state index in [4.69, 9.17) is 12.2 Å². The number of rotatable bonds is 1. The third kappa shape index (κ3) is 1.92. The highest BCUT2D eigenvalue weighted by molar-refractivity contribution is 7.80. The molecule has 2 aliphatic heterocycles. The molecule has 2 fully saturated rings. The first-order valence-corrected chi connectivity index (χ1v) is 6.64. The average Bonchev–Trinajstić information content (AvgIpc) is 2.94. The predicted molar refractivity (Wildman–Crippen MR) is 69.5 cm³/mol. The fraction of sp³-hybridized carbons (Fsp3) is 0.385. The molecule has 2 heterocycles. The molecule has 2 unspecified atom stereocenters. The van der Waals surface area contributed by atoms with Crippen LogP contribution in [0.3, 0.4) is 0 Å². The Morgan fingerprint density at radius 2 is 1.76 bits per heavy atom. The van der Waals surface area contributed by atoms with Crippen molar-refractivity contribution in [2.24, 2.45) is 0 Å². The normalized spacial score (nSPS) is 25.0. The van der Waals surface area contributed by atoms with Gasteiger partial charge in [-0.3, -0.25) is 9.69 Å². The number of carbonyl (C=O) groups excluding carboxylic acids is 1. The molecular weight excluding hydrogens is 308 g/mol. The summed E-state index contributed by atoms with van der Waals surface area (Å²) in [5.74, 6) is -6.81. The lowest BCUT2D eigenvalue weighted by Gasteiger charge is -2.18. The fourth-order valence-electron chi connectivity index (χ4n) is 2.95. The van der Waals surface area contributed by atoms with Crippen LogP contribution in [0.5, 0.6) is 0 Å². The molecule has 21 heavy (non-hydrogen) atoms. The van der Waals surface area contributed by atoms with Gasteiger partial charge in [-0.25, -0.2) is 17.6 Å². The molecule has 0 spiro atoms. The minimum Gasteiger partial charge on any atom is -0.336 e. The molecule has 0 aliphatic carbocycles. The van der Waals surface area contributed by atoms with Crippen molar-refractivity contribution in [2.75, 3.05) is 13.6 Å². The second-order valence-corrected chi connectivity index (χ2v) is 5.53. The Hall–Kier alpha value is -1.70. The maximum Gasteiger partial charge on any atom is 0.251 e. The Morgan fingerprint density at radius 1 is 1.19 bits per heavy atom. The summed E-state index contributed by atoms with van der Waals surface area (Å²) in [5.41, 5.74) is -0.653. The highest BCUT2D eigenvalue weighted by atomic mass is 32.1. The Balaban J connectivity index is 1.99. The molecule has 3 rings (SSSR count). The molecule has 1 aromatic carbocycles. The van der Waals surface area contributed by atoms with Crippen LogP contribution in [0.4, 0.5) is 17.6 Å². The van der Waals surface area contributed by atoms with Crippen LogP contribution in [0.25, 0.3) is 0 Å². The largest absolute Gasteiger partial charge is 0.336 e. The summed E-state index contributed by atoms with van der Waals surface area (Å²) in [7, 11) is 1.51. The number of hydrogen-bond acceptors (Lipinski definition) is 2. The van der Waals surface area contributed by atoms with Gasteiger partial charge in [-0.15, -0.1) is 0 Å². The molecule has 3 nitrogen and oxygen atoms in total. The number of amides is 1. The first-order chi connectivity index (χ1) is 9.82. The quantitative estimate of drug-likeness (QED) is 0.450. The summed E-state index contributed by atoms with van der Waals surface area (Å²) >= 11 is 5.07. The Morgan fingerprint density at radius 3 is 2.29 bits per heavy atom. The van der Waals surface area contributed by atoms with Gasteiger partial charge < -0.3 is 4.90 Å². The van der Waals surface area contributed by atoms with Crippen molar-refractivity contribution in [1.29, 1.82) is 0 Å². The van der Waals surface area contributed by atoms with Gasteiger partial charge in [0, 0.05) is 31.1 Å².